The van der Waals surface area contributed by atoms with Crippen molar-refractivity contribution in [1.82, 2.24) is 0 Å². The molecule has 1 aromatic heterocycles. The van der Waals surface area contributed by atoms with Gasteiger partial charge < -0.3 is 10.1 Å². The Morgan fingerprint density at radius 1 is 1.32 bits per heavy atom. The second kappa shape index (κ2) is 8.88. The molecule has 0 unspecified atom stereocenters. The number of anilines is 1. The summed E-state index contributed by atoms with van der Waals surface area (Å²) in [5, 5.41) is 14.7. The fourth-order valence-corrected chi connectivity index (χ4v) is 2.74. The van der Waals surface area contributed by atoms with Gasteiger partial charge in [0.25, 0.3) is 11.6 Å². The van der Waals surface area contributed by atoms with Gasteiger partial charge in [-0.05, 0) is 30.4 Å². The number of thiophene rings is 1. The zero-order valence-electron chi connectivity index (χ0n) is 13.1. The van der Waals surface area contributed by atoms with Crippen molar-refractivity contribution >= 4 is 34.6 Å². The number of nitrogens with zero attached hydrogens (tertiary/aromatic N) is 1. The molecule has 0 aliphatic heterocycles. The van der Waals surface area contributed by atoms with Gasteiger partial charge in [0.2, 0.25) is 0 Å². The lowest BCUT2D eigenvalue weighted by Crippen LogP contribution is -2.21. The van der Waals surface area contributed by atoms with Crippen LogP contribution >= 0.6 is 11.3 Å². The number of carbonyl (C=O) groups excluding carboxylic acids is 2. The first-order valence-electron chi connectivity index (χ1n) is 7.37. The second-order valence-electron chi connectivity index (χ2n) is 5.06. The highest BCUT2D eigenvalue weighted by Crippen LogP contribution is 2.21. The van der Waals surface area contributed by atoms with E-state index in [1.807, 2.05) is 17.5 Å². The molecule has 7 nitrogen and oxygen atoms in total. The number of nitro groups is 1. The van der Waals surface area contributed by atoms with E-state index in [1.54, 1.807) is 11.3 Å². The molecule has 1 N–H and O–H groups in total. The van der Waals surface area contributed by atoms with E-state index in [9.17, 15) is 24.1 Å². The number of ether oxygens (including phenoxy) is 1. The molecule has 0 saturated carbocycles. The van der Waals surface area contributed by atoms with Crippen LogP contribution in [0, 0.1) is 15.9 Å². The molecule has 0 spiro atoms. The summed E-state index contributed by atoms with van der Waals surface area (Å²) < 4.78 is 18.4. The highest BCUT2D eigenvalue weighted by atomic mass is 32.1. The summed E-state index contributed by atoms with van der Waals surface area (Å²) in [6.45, 7) is -0.583. The molecule has 9 heteroatoms. The smallest absolute Gasteiger partial charge is 0.306 e. The first kappa shape index (κ1) is 18.5. The molecule has 2 rings (SSSR count). The van der Waals surface area contributed by atoms with Crippen molar-refractivity contribution in [2.45, 2.75) is 19.3 Å². The number of amides is 1. The third-order valence-electron chi connectivity index (χ3n) is 3.18. The van der Waals surface area contributed by atoms with Gasteiger partial charge in [0, 0.05) is 23.4 Å². The monoisotopic (exact) mass is 366 g/mol. The number of benzene rings is 1. The molecule has 0 atom stereocenters. The maximum Gasteiger partial charge on any atom is 0.306 e. The largest absolute Gasteiger partial charge is 0.456 e. The number of hydrogen-bond acceptors (Lipinski definition) is 6. The average molecular weight is 366 g/mol. The van der Waals surface area contributed by atoms with E-state index in [4.69, 9.17) is 4.74 Å². The first-order valence-corrected chi connectivity index (χ1v) is 8.25. The van der Waals surface area contributed by atoms with Crippen LogP contribution in [0.3, 0.4) is 0 Å². The highest BCUT2D eigenvalue weighted by molar-refractivity contribution is 7.09. The number of halogens is 1. The maximum atomic E-state index is 13.5. The van der Waals surface area contributed by atoms with E-state index in [-0.39, 0.29) is 17.8 Å². The van der Waals surface area contributed by atoms with Crippen LogP contribution in [-0.2, 0) is 20.7 Å². The standard InChI is InChI=1S/C16H15FN2O5S/c17-13-7-6-11(19(22)23)9-14(13)18-15(20)10-24-16(21)5-1-3-12-4-2-8-25-12/h2,4,6-9H,1,3,5,10H2,(H,18,20). The summed E-state index contributed by atoms with van der Waals surface area (Å²) in [5.41, 5.74) is -0.699. The van der Waals surface area contributed by atoms with E-state index in [0.29, 0.717) is 6.42 Å². The normalized spacial score (nSPS) is 10.3. The van der Waals surface area contributed by atoms with Crippen LogP contribution in [-0.4, -0.2) is 23.4 Å². The van der Waals surface area contributed by atoms with Crippen LogP contribution in [0.4, 0.5) is 15.8 Å². The number of carbonyl (C=O) groups is 2. The van der Waals surface area contributed by atoms with Crippen molar-refractivity contribution in [3.8, 4) is 0 Å². The molecular weight excluding hydrogens is 351 g/mol. The Kier molecular flexibility index (Phi) is 6.58. The van der Waals surface area contributed by atoms with E-state index >= 15 is 0 Å². The minimum Gasteiger partial charge on any atom is -0.456 e. The van der Waals surface area contributed by atoms with E-state index in [1.165, 1.54) is 0 Å². The minimum atomic E-state index is -0.818. The third kappa shape index (κ3) is 5.96. The Morgan fingerprint density at radius 2 is 2.12 bits per heavy atom. The summed E-state index contributed by atoms with van der Waals surface area (Å²) in [5.74, 6) is -2.13. The van der Waals surface area contributed by atoms with Crippen molar-refractivity contribution < 1.29 is 23.6 Å². The molecule has 0 aliphatic carbocycles. The number of nitrogens with one attached hydrogen (secondary N) is 1. The van der Waals surface area contributed by atoms with Gasteiger partial charge in [-0.2, -0.15) is 0 Å². The van der Waals surface area contributed by atoms with Crippen molar-refractivity contribution in [3.63, 3.8) is 0 Å². The van der Waals surface area contributed by atoms with Crippen molar-refractivity contribution in [2.24, 2.45) is 0 Å². The zero-order valence-corrected chi connectivity index (χ0v) is 13.9. The first-order chi connectivity index (χ1) is 12.0. The quantitative estimate of drug-likeness (QED) is 0.439. The Hall–Kier alpha value is -2.81. The highest BCUT2D eigenvalue weighted by Gasteiger charge is 2.14. The molecule has 1 heterocycles. The molecule has 0 fully saturated rings. The van der Waals surface area contributed by atoms with Crippen molar-refractivity contribution in [1.29, 1.82) is 0 Å². The topological polar surface area (TPSA) is 98.5 Å². The van der Waals surface area contributed by atoms with Gasteiger partial charge in [-0.3, -0.25) is 19.7 Å². The molecule has 0 saturated heterocycles. The Bertz CT molecular complexity index is 764. The van der Waals surface area contributed by atoms with E-state index < -0.39 is 29.2 Å². The molecule has 0 aliphatic rings. The molecule has 2 aromatic rings. The number of aryl methyl sites for hydroxylation is 1. The number of rotatable bonds is 8. The summed E-state index contributed by atoms with van der Waals surface area (Å²) in [4.78, 5) is 34.4. The van der Waals surface area contributed by atoms with E-state index in [2.05, 4.69) is 5.32 Å². The van der Waals surface area contributed by atoms with Crippen molar-refractivity contribution in [3.05, 3.63) is 56.5 Å². The number of hydrogen-bond donors (Lipinski definition) is 1. The van der Waals surface area contributed by atoms with Crippen LogP contribution in [0.15, 0.2) is 35.7 Å². The van der Waals surface area contributed by atoms with Gasteiger partial charge in [-0.15, -0.1) is 11.3 Å². The fourth-order valence-electron chi connectivity index (χ4n) is 1.99. The lowest BCUT2D eigenvalue weighted by atomic mass is 10.2. The average Bonchev–Trinajstić information content (AvgIpc) is 3.08. The summed E-state index contributed by atoms with van der Waals surface area (Å²) in [7, 11) is 0. The van der Waals surface area contributed by atoms with Crippen LogP contribution in [0.2, 0.25) is 0 Å². The molecular formula is C16H15FN2O5S. The minimum absolute atomic E-state index is 0.163. The number of non-ortho nitro benzene ring substituents is 1. The number of nitro benzene ring substituents is 1. The fraction of sp³-hybridized carbons (Fsp3) is 0.250. The Morgan fingerprint density at radius 3 is 2.80 bits per heavy atom. The zero-order chi connectivity index (χ0) is 18.2. The predicted octanol–water partition coefficient (Wildman–Crippen LogP) is 3.30. The van der Waals surface area contributed by atoms with Gasteiger partial charge in [0.1, 0.15) is 5.82 Å². The summed E-state index contributed by atoms with van der Waals surface area (Å²) in [6, 6.07) is 6.66. The van der Waals surface area contributed by atoms with Gasteiger partial charge in [0.05, 0.1) is 10.6 Å². The lowest BCUT2D eigenvalue weighted by molar-refractivity contribution is -0.384. The van der Waals surface area contributed by atoms with Crippen molar-refractivity contribution in [2.75, 3.05) is 11.9 Å². The summed E-state index contributed by atoms with van der Waals surface area (Å²) in [6.07, 6.45) is 1.51. The molecule has 1 aromatic carbocycles. The van der Waals surface area contributed by atoms with Crippen LogP contribution in [0.25, 0.3) is 0 Å². The third-order valence-corrected chi connectivity index (χ3v) is 4.12. The SMILES string of the molecule is O=C(COC(=O)CCCc1cccs1)Nc1cc([N+](=O)[O-])ccc1F. The van der Waals surface area contributed by atoms with Gasteiger partial charge in [-0.25, -0.2) is 4.39 Å². The van der Waals surface area contributed by atoms with Gasteiger partial charge >= 0.3 is 5.97 Å². The molecule has 1 amide bonds. The summed E-state index contributed by atoms with van der Waals surface area (Å²) >= 11 is 1.60. The second-order valence-corrected chi connectivity index (χ2v) is 6.10. The van der Waals surface area contributed by atoms with Gasteiger partial charge in [0.15, 0.2) is 6.61 Å². The number of esters is 1. The van der Waals surface area contributed by atoms with E-state index in [0.717, 1.165) is 29.5 Å². The molecule has 25 heavy (non-hydrogen) atoms. The lowest BCUT2D eigenvalue weighted by Gasteiger charge is -2.07. The molecule has 0 bridgehead atoms. The molecule has 132 valence electrons. The van der Waals surface area contributed by atoms with Crippen LogP contribution in [0.5, 0.6) is 0 Å². The Balaban J connectivity index is 1.75. The van der Waals surface area contributed by atoms with Crippen LogP contribution < -0.4 is 5.32 Å². The predicted molar refractivity (Wildman–Crippen MR) is 89.9 cm³/mol. The van der Waals surface area contributed by atoms with Crippen LogP contribution in [0.1, 0.15) is 17.7 Å². The van der Waals surface area contributed by atoms with Gasteiger partial charge in [-0.1, -0.05) is 6.07 Å². The Labute approximate surface area is 146 Å². The molecule has 0 radical (unpaired) electrons. The maximum absolute atomic E-state index is 13.5.